The molecule has 31 heavy (non-hydrogen) atoms. The molecule has 2 saturated heterocycles. The Morgan fingerprint density at radius 2 is 1.94 bits per heavy atom. The minimum Gasteiger partial charge on any atom is -0.508 e. The Morgan fingerprint density at radius 1 is 1.19 bits per heavy atom. The largest absolute Gasteiger partial charge is 0.508 e. The maximum absolute atomic E-state index is 12.7. The number of hydrogen-bond acceptors (Lipinski definition) is 7. The molecule has 4 rings (SSSR count). The minimum atomic E-state index is -1.05. The zero-order valence-electron chi connectivity index (χ0n) is 18.2. The molecule has 4 N–H and O–H groups in total. The number of carbonyl (C=O) groups is 1. The van der Waals surface area contributed by atoms with E-state index in [0.29, 0.717) is 37.0 Å². The number of aliphatic hydroxyl groups is 3. The molecule has 0 aromatic heterocycles. The predicted molar refractivity (Wildman–Crippen MR) is 113 cm³/mol. The zero-order chi connectivity index (χ0) is 22.4. The lowest BCUT2D eigenvalue weighted by Crippen LogP contribution is -2.50. The topological polar surface area (TPSA) is 120 Å². The Morgan fingerprint density at radius 3 is 2.65 bits per heavy atom. The van der Waals surface area contributed by atoms with Crippen LogP contribution < -0.4 is 0 Å². The van der Waals surface area contributed by atoms with E-state index in [9.17, 15) is 25.2 Å². The Balaban J connectivity index is 1.36. The third-order valence-corrected chi connectivity index (χ3v) is 7.18. The fraction of sp³-hybridized carbons (Fsp3) is 0.625. The summed E-state index contributed by atoms with van der Waals surface area (Å²) in [5, 5.41) is 40.7. The van der Waals surface area contributed by atoms with Gasteiger partial charge in [0, 0.05) is 29.4 Å². The lowest BCUT2D eigenvalue weighted by Gasteiger charge is -2.38. The highest BCUT2D eigenvalue weighted by Gasteiger charge is 2.48. The summed E-state index contributed by atoms with van der Waals surface area (Å²) >= 11 is 0. The van der Waals surface area contributed by atoms with Gasteiger partial charge in [0.15, 0.2) is 5.78 Å². The summed E-state index contributed by atoms with van der Waals surface area (Å²) in [5.74, 6) is -0.253. The Hall–Kier alpha value is -1.77. The van der Waals surface area contributed by atoms with Crippen LogP contribution in [0.3, 0.4) is 0 Å². The highest BCUT2D eigenvalue weighted by molar-refractivity contribution is 6.13. The van der Waals surface area contributed by atoms with Crippen LogP contribution in [0.15, 0.2) is 29.3 Å². The predicted octanol–water partition coefficient (Wildman–Crippen LogP) is 1.75. The van der Waals surface area contributed by atoms with Crippen LogP contribution in [0.1, 0.15) is 49.5 Å². The third-order valence-electron chi connectivity index (χ3n) is 7.18. The van der Waals surface area contributed by atoms with E-state index >= 15 is 0 Å². The molecule has 2 fully saturated rings. The number of epoxide rings is 1. The number of aromatic hydroxyl groups is 1. The molecule has 0 amide bonds. The second-order valence-corrected chi connectivity index (χ2v) is 9.40. The van der Waals surface area contributed by atoms with E-state index < -0.39 is 24.4 Å². The van der Waals surface area contributed by atoms with E-state index in [4.69, 9.17) is 9.47 Å². The number of benzene rings is 1. The molecule has 0 spiro atoms. The number of aliphatic hydroxyl groups excluding tert-OH is 3. The van der Waals surface area contributed by atoms with Gasteiger partial charge in [-0.3, -0.25) is 4.79 Å². The van der Waals surface area contributed by atoms with Crippen molar-refractivity contribution in [2.24, 2.45) is 11.8 Å². The molecule has 2 aliphatic heterocycles. The number of carbonyl (C=O) groups excluding carboxylic acids is 1. The van der Waals surface area contributed by atoms with Crippen molar-refractivity contribution in [3.05, 3.63) is 40.5 Å². The lowest BCUT2D eigenvalue weighted by molar-refractivity contribution is -0.165. The van der Waals surface area contributed by atoms with Crippen LogP contribution in [0.25, 0.3) is 0 Å². The van der Waals surface area contributed by atoms with E-state index in [-0.39, 0.29) is 35.6 Å². The fourth-order valence-corrected chi connectivity index (χ4v) is 4.84. The number of allylic oxidation sites excluding steroid dienone is 1. The van der Waals surface area contributed by atoms with Gasteiger partial charge in [-0.15, -0.1) is 0 Å². The number of rotatable bonds is 6. The Labute approximate surface area is 182 Å². The molecule has 3 aliphatic rings. The average Bonchev–Trinajstić information content (AvgIpc) is 3.42. The monoisotopic (exact) mass is 432 g/mol. The van der Waals surface area contributed by atoms with Crippen LogP contribution >= 0.6 is 0 Å². The summed E-state index contributed by atoms with van der Waals surface area (Å²) in [4.78, 5) is 12.7. The molecule has 8 atom stereocenters. The lowest BCUT2D eigenvalue weighted by atomic mass is 9.85. The van der Waals surface area contributed by atoms with E-state index in [1.807, 2.05) is 13.8 Å². The standard InChI is InChI=1S/C24H32O7/c1-11(17-7-14-4-5-16(26)9-18(14)22(17)28)6-19-23(29)21(27)15(10-30-19)8-20-24(31-20)12(2)13(3)25/h4-5,9,12-13,15,19-21,23-27,29H,6-8,10H2,1-3H3/t12-,13-,15-,19-,20-,21+,23-,24-/m0/s1. The van der Waals surface area contributed by atoms with Gasteiger partial charge < -0.3 is 29.9 Å². The van der Waals surface area contributed by atoms with Crippen molar-refractivity contribution < 1.29 is 34.7 Å². The summed E-state index contributed by atoms with van der Waals surface area (Å²) in [6.07, 6.45) is -1.67. The average molecular weight is 433 g/mol. The number of ether oxygens (including phenoxy) is 2. The Bertz CT molecular complexity index is 877. The minimum absolute atomic E-state index is 0.0218. The van der Waals surface area contributed by atoms with Crippen molar-refractivity contribution in [1.82, 2.24) is 0 Å². The van der Waals surface area contributed by atoms with E-state index in [0.717, 1.165) is 11.1 Å². The maximum atomic E-state index is 12.7. The molecule has 2 heterocycles. The van der Waals surface area contributed by atoms with Gasteiger partial charge in [0.25, 0.3) is 0 Å². The smallest absolute Gasteiger partial charge is 0.189 e. The van der Waals surface area contributed by atoms with Gasteiger partial charge in [0.2, 0.25) is 0 Å². The van der Waals surface area contributed by atoms with Gasteiger partial charge in [-0.2, -0.15) is 0 Å². The fourth-order valence-electron chi connectivity index (χ4n) is 4.84. The van der Waals surface area contributed by atoms with Gasteiger partial charge in [0.1, 0.15) is 11.9 Å². The molecule has 0 unspecified atom stereocenters. The van der Waals surface area contributed by atoms with Crippen LogP contribution in [0, 0.1) is 11.8 Å². The van der Waals surface area contributed by atoms with Crippen molar-refractivity contribution in [1.29, 1.82) is 0 Å². The molecule has 1 aromatic rings. The first-order chi connectivity index (χ1) is 14.7. The number of hydrogen-bond donors (Lipinski definition) is 4. The second-order valence-electron chi connectivity index (χ2n) is 9.40. The molecule has 170 valence electrons. The van der Waals surface area contributed by atoms with Gasteiger partial charge in [-0.05, 0) is 44.4 Å². The van der Waals surface area contributed by atoms with Crippen LogP contribution in [-0.2, 0) is 15.9 Å². The summed E-state index contributed by atoms with van der Waals surface area (Å²) in [6.45, 7) is 5.84. The molecular weight excluding hydrogens is 400 g/mol. The molecule has 0 radical (unpaired) electrons. The van der Waals surface area contributed by atoms with E-state index in [2.05, 4.69) is 0 Å². The maximum Gasteiger partial charge on any atom is 0.189 e. The van der Waals surface area contributed by atoms with Gasteiger partial charge in [-0.25, -0.2) is 0 Å². The molecule has 0 bridgehead atoms. The summed E-state index contributed by atoms with van der Waals surface area (Å²) in [7, 11) is 0. The molecule has 0 saturated carbocycles. The first-order valence-electron chi connectivity index (χ1n) is 11.0. The summed E-state index contributed by atoms with van der Waals surface area (Å²) < 4.78 is 11.6. The molecule has 1 aliphatic carbocycles. The molecular formula is C24H32O7. The molecule has 7 heteroatoms. The van der Waals surface area contributed by atoms with Gasteiger partial charge in [-0.1, -0.05) is 18.6 Å². The van der Waals surface area contributed by atoms with Crippen molar-refractivity contribution in [3.63, 3.8) is 0 Å². The number of ketones is 1. The van der Waals surface area contributed by atoms with Crippen molar-refractivity contribution in [2.75, 3.05) is 6.61 Å². The summed E-state index contributed by atoms with van der Waals surface area (Å²) in [6, 6.07) is 4.82. The highest BCUT2D eigenvalue weighted by Crippen LogP contribution is 2.39. The highest BCUT2D eigenvalue weighted by atomic mass is 16.6. The number of Topliss-reactive ketones (excluding diaryl/α,β-unsaturated/α-hetero) is 1. The van der Waals surface area contributed by atoms with Crippen LogP contribution in [-0.4, -0.2) is 69.4 Å². The molecule has 7 nitrogen and oxygen atoms in total. The van der Waals surface area contributed by atoms with Crippen molar-refractivity contribution >= 4 is 5.78 Å². The first kappa shape index (κ1) is 22.4. The van der Waals surface area contributed by atoms with Gasteiger partial charge >= 0.3 is 0 Å². The second kappa shape index (κ2) is 8.64. The molecule has 1 aromatic carbocycles. The third kappa shape index (κ3) is 4.43. The zero-order valence-corrected chi connectivity index (χ0v) is 18.2. The van der Waals surface area contributed by atoms with Crippen LogP contribution in [0.5, 0.6) is 5.75 Å². The van der Waals surface area contributed by atoms with Crippen LogP contribution in [0.4, 0.5) is 0 Å². The number of phenolic OH excluding ortho intramolecular Hbond substituents is 1. The van der Waals surface area contributed by atoms with Crippen molar-refractivity contribution in [3.8, 4) is 5.75 Å². The number of fused-ring (bicyclic) bond motifs is 1. The first-order valence-corrected chi connectivity index (χ1v) is 11.0. The van der Waals surface area contributed by atoms with Crippen molar-refractivity contribution in [2.45, 2.75) is 76.7 Å². The van der Waals surface area contributed by atoms with E-state index in [1.54, 1.807) is 19.1 Å². The quantitative estimate of drug-likeness (QED) is 0.399. The van der Waals surface area contributed by atoms with E-state index in [1.165, 1.54) is 6.07 Å². The van der Waals surface area contributed by atoms with Crippen LogP contribution in [0.2, 0.25) is 0 Å². The SMILES string of the molecule is CC(C[C@@H]1OC[C@H](C[C@@H]2O[C@H]2[C@@H](C)[C@H](C)O)[C@@H](O)[C@H]1O)=C1Cc2ccc(O)cc2C1=O. The number of phenols is 1. The summed E-state index contributed by atoms with van der Waals surface area (Å²) in [5.41, 5.74) is 2.89. The van der Waals surface area contributed by atoms with Gasteiger partial charge in [0.05, 0.1) is 37.1 Å². The normalized spacial score (nSPS) is 36.1. The Kier molecular flexibility index (Phi) is 6.25.